The molecule has 0 unspecified atom stereocenters. The molecule has 0 saturated carbocycles. The predicted octanol–water partition coefficient (Wildman–Crippen LogP) is 3.13. The highest BCUT2D eigenvalue weighted by Crippen LogP contribution is 2.23. The van der Waals surface area contributed by atoms with Crippen LogP contribution in [0.3, 0.4) is 0 Å². The van der Waals surface area contributed by atoms with Gasteiger partial charge in [-0.05, 0) is 30.3 Å². The Kier molecular flexibility index (Phi) is 2.85. The summed E-state index contributed by atoms with van der Waals surface area (Å²) in [6.07, 6.45) is 1.47. The van der Waals surface area contributed by atoms with Crippen molar-refractivity contribution in [3.8, 4) is 0 Å². The van der Waals surface area contributed by atoms with Gasteiger partial charge in [-0.1, -0.05) is 0 Å². The Bertz CT molecular complexity index is 754. The highest BCUT2D eigenvalue weighted by molar-refractivity contribution is 7.16. The monoisotopic (exact) mass is 271 g/mol. The van der Waals surface area contributed by atoms with Crippen molar-refractivity contribution in [1.82, 2.24) is 9.97 Å². The van der Waals surface area contributed by atoms with E-state index in [1.807, 2.05) is 18.2 Å². The van der Waals surface area contributed by atoms with E-state index in [1.54, 1.807) is 16.8 Å². The first kappa shape index (κ1) is 11.6. The molecule has 5 nitrogen and oxygen atoms in total. The summed E-state index contributed by atoms with van der Waals surface area (Å²) in [5, 5.41) is 12.0. The van der Waals surface area contributed by atoms with Crippen LogP contribution in [-0.4, -0.2) is 21.0 Å². The number of carboxylic acids is 1. The number of fused-ring (bicyclic) bond motifs is 1. The summed E-state index contributed by atoms with van der Waals surface area (Å²) < 4.78 is 1.07. The van der Waals surface area contributed by atoms with E-state index in [0.29, 0.717) is 5.82 Å². The molecule has 0 radical (unpaired) electrons. The smallest absolute Gasteiger partial charge is 0.335 e. The lowest BCUT2D eigenvalue weighted by Gasteiger charge is -2.05. The molecule has 2 aromatic heterocycles. The summed E-state index contributed by atoms with van der Waals surface area (Å²) in [6, 6.07) is 8.72. The molecule has 0 fully saturated rings. The molecule has 2 heterocycles. The third kappa shape index (κ3) is 2.38. The van der Waals surface area contributed by atoms with Gasteiger partial charge in [0.05, 0.1) is 21.3 Å². The second-order valence-corrected chi connectivity index (χ2v) is 4.78. The fourth-order valence-electron chi connectivity index (χ4n) is 1.71. The maximum Gasteiger partial charge on any atom is 0.335 e. The Morgan fingerprint density at radius 1 is 1.21 bits per heavy atom. The van der Waals surface area contributed by atoms with Crippen LogP contribution in [0.4, 0.5) is 11.5 Å². The highest BCUT2D eigenvalue weighted by atomic mass is 32.1. The van der Waals surface area contributed by atoms with Crippen molar-refractivity contribution in [1.29, 1.82) is 0 Å². The third-order valence-electron chi connectivity index (χ3n) is 2.61. The van der Waals surface area contributed by atoms with Crippen molar-refractivity contribution >= 4 is 39.0 Å². The zero-order valence-corrected chi connectivity index (χ0v) is 10.5. The minimum Gasteiger partial charge on any atom is -0.478 e. The molecule has 0 saturated heterocycles. The van der Waals surface area contributed by atoms with Crippen molar-refractivity contribution in [2.75, 3.05) is 5.32 Å². The number of rotatable bonds is 3. The molecular formula is C13H9N3O2S. The van der Waals surface area contributed by atoms with Gasteiger partial charge in [0.2, 0.25) is 0 Å². The molecule has 19 heavy (non-hydrogen) atoms. The van der Waals surface area contributed by atoms with Gasteiger partial charge in [0.25, 0.3) is 0 Å². The summed E-state index contributed by atoms with van der Waals surface area (Å²) in [5.74, 6) is -0.466. The van der Waals surface area contributed by atoms with E-state index < -0.39 is 5.97 Å². The molecule has 94 valence electrons. The minimum atomic E-state index is -0.969. The van der Waals surface area contributed by atoms with Crippen LogP contribution < -0.4 is 5.32 Å². The SMILES string of the molecule is O=C(O)c1ccnc(Nc2ccc3ncsc3c2)c1. The number of aromatic carboxylic acids is 1. The van der Waals surface area contributed by atoms with E-state index in [2.05, 4.69) is 15.3 Å². The summed E-state index contributed by atoms with van der Waals surface area (Å²) >= 11 is 1.55. The van der Waals surface area contributed by atoms with Gasteiger partial charge in [-0.3, -0.25) is 0 Å². The van der Waals surface area contributed by atoms with Gasteiger partial charge in [-0.2, -0.15) is 0 Å². The molecule has 0 amide bonds. The Balaban J connectivity index is 1.91. The van der Waals surface area contributed by atoms with E-state index in [4.69, 9.17) is 5.11 Å². The van der Waals surface area contributed by atoms with Gasteiger partial charge >= 0.3 is 5.97 Å². The van der Waals surface area contributed by atoms with E-state index in [-0.39, 0.29) is 5.56 Å². The standard InChI is InChI=1S/C13H9N3O2S/c17-13(18)8-3-4-14-12(5-8)16-9-1-2-10-11(6-9)19-7-15-10/h1-7H,(H,14,16)(H,17,18). The lowest BCUT2D eigenvalue weighted by molar-refractivity contribution is 0.0697. The average Bonchev–Trinajstić information content (AvgIpc) is 2.86. The van der Waals surface area contributed by atoms with Crippen LogP contribution in [0.15, 0.2) is 42.0 Å². The number of nitrogens with zero attached hydrogens (tertiary/aromatic N) is 2. The summed E-state index contributed by atoms with van der Waals surface area (Å²) in [4.78, 5) is 19.2. The second-order valence-electron chi connectivity index (χ2n) is 3.89. The lowest BCUT2D eigenvalue weighted by Crippen LogP contribution is -1.99. The van der Waals surface area contributed by atoms with Gasteiger partial charge in [0.15, 0.2) is 0 Å². The molecule has 3 rings (SSSR count). The molecule has 0 aliphatic rings. The van der Waals surface area contributed by atoms with Gasteiger partial charge in [0.1, 0.15) is 5.82 Å². The van der Waals surface area contributed by atoms with Crippen molar-refractivity contribution in [2.45, 2.75) is 0 Å². The zero-order valence-electron chi connectivity index (χ0n) is 9.70. The van der Waals surface area contributed by atoms with E-state index >= 15 is 0 Å². The summed E-state index contributed by atoms with van der Waals surface area (Å²) in [6.45, 7) is 0. The normalized spacial score (nSPS) is 10.5. The second kappa shape index (κ2) is 4.66. The third-order valence-corrected chi connectivity index (χ3v) is 3.40. The van der Waals surface area contributed by atoms with Gasteiger partial charge in [0, 0.05) is 11.9 Å². The van der Waals surface area contributed by atoms with E-state index in [9.17, 15) is 4.79 Å². The molecule has 6 heteroatoms. The summed E-state index contributed by atoms with van der Waals surface area (Å²) in [7, 11) is 0. The molecule has 2 N–H and O–H groups in total. The number of carboxylic acid groups (broad SMARTS) is 1. The van der Waals surface area contributed by atoms with Crippen LogP contribution in [0.2, 0.25) is 0 Å². The van der Waals surface area contributed by atoms with Crippen molar-refractivity contribution in [3.63, 3.8) is 0 Å². The Labute approximate surface area is 112 Å². The molecule has 0 bridgehead atoms. The Morgan fingerprint density at radius 2 is 2.11 bits per heavy atom. The van der Waals surface area contributed by atoms with Crippen LogP contribution >= 0.6 is 11.3 Å². The van der Waals surface area contributed by atoms with Gasteiger partial charge in [-0.15, -0.1) is 11.3 Å². The number of hydrogen-bond acceptors (Lipinski definition) is 5. The Hall–Kier alpha value is -2.47. The summed E-state index contributed by atoms with van der Waals surface area (Å²) in [5.41, 5.74) is 3.79. The number of carbonyl (C=O) groups is 1. The fraction of sp³-hybridized carbons (Fsp3) is 0. The zero-order chi connectivity index (χ0) is 13.2. The molecular weight excluding hydrogens is 262 g/mol. The number of nitrogens with one attached hydrogen (secondary N) is 1. The number of hydrogen-bond donors (Lipinski definition) is 2. The number of pyridine rings is 1. The van der Waals surface area contributed by atoms with Crippen molar-refractivity contribution < 1.29 is 9.90 Å². The van der Waals surface area contributed by atoms with Crippen LogP contribution in [0.5, 0.6) is 0 Å². The first-order chi connectivity index (χ1) is 9.22. The molecule has 0 spiro atoms. The topological polar surface area (TPSA) is 75.1 Å². The lowest BCUT2D eigenvalue weighted by atomic mass is 10.2. The number of aromatic nitrogens is 2. The molecule has 1 aromatic carbocycles. The number of anilines is 2. The maximum absolute atomic E-state index is 10.9. The van der Waals surface area contributed by atoms with E-state index in [0.717, 1.165) is 15.9 Å². The Morgan fingerprint density at radius 3 is 2.95 bits per heavy atom. The van der Waals surface area contributed by atoms with Crippen LogP contribution in [-0.2, 0) is 0 Å². The molecule has 3 aromatic rings. The minimum absolute atomic E-state index is 0.205. The molecule has 0 atom stereocenters. The van der Waals surface area contributed by atoms with Gasteiger partial charge < -0.3 is 10.4 Å². The van der Waals surface area contributed by atoms with Crippen LogP contribution in [0.1, 0.15) is 10.4 Å². The van der Waals surface area contributed by atoms with E-state index in [1.165, 1.54) is 18.3 Å². The first-order valence-electron chi connectivity index (χ1n) is 5.52. The maximum atomic E-state index is 10.9. The van der Waals surface area contributed by atoms with Crippen LogP contribution in [0.25, 0.3) is 10.2 Å². The number of thiazole rings is 1. The highest BCUT2D eigenvalue weighted by Gasteiger charge is 2.05. The number of benzene rings is 1. The van der Waals surface area contributed by atoms with Gasteiger partial charge in [-0.25, -0.2) is 14.8 Å². The van der Waals surface area contributed by atoms with Crippen molar-refractivity contribution in [3.05, 3.63) is 47.6 Å². The largest absolute Gasteiger partial charge is 0.478 e. The van der Waals surface area contributed by atoms with Crippen molar-refractivity contribution in [2.24, 2.45) is 0 Å². The molecule has 0 aliphatic carbocycles. The molecule has 0 aliphatic heterocycles. The fourth-order valence-corrected chi connectivity index (χ4v) is 2.43. The quantitative estimate of drug-likeness (QED) is 0.765. The predicted molar refractivity (Wildman–Crippen MR) is 74.1 cm³/mol. The average molecular weight is 271 g/mol. The first-order valence-corrected chi connectivity index (χ1v) is 6.40. The van der Waals surface area contributed by atoms with Crippen LogP contribution in [0, 0.1) is 0 Å².